The number of nitrogens with zero attached hydrogens (tertiary/aromatic N) is 1. The molecule has 1 aliphatic rings. The Kier molecular flexibility index (Phi) is 8.03. The van der Waals surface area contributed by atoms with Crippen molar-refractivity contribution in [2.24, 2.45) is 5.92 Å². The lowest BCUT2D eigenvalue weighted by Gasteiger charge is -2.22. The molecule has 23 heavy (non-hydrogen) atoms. The van der Waals surface area contributed by atoms with Gasteiger partial charge in [0.25, 0.3) is 5.91 Å². The maximum Gasteiger partial charge on any atom is 0.417 e. The number of carbonyl (C=O) groups is 2. The summed E-state index contributed by atoms with van der Waals surface area (Å²) >= 11 is 0. The number of hydrogen-bond donors (Lipinski definition) is 0. The van der Waals surface area contributed by atoms with Crippen LogP contribution >= 0.6 is 0 Å². The Balaban J connectivity index is 2.36. The Bertz CT molecular complexity index is 475. The van der Waals surface area contributed by atoms with E-state index in [1.54, 1.807) is 0 Å². The van der Waals surface area contributed by atoms with Gasteiger partial charge in [-0.15, -0.1) is 0 Å². The number of hydrogen-bond acceptors (Lipinski definition) is 4. The van der Waals surface area contributed by atoms with E-state index in [9.17, 15) is 9.59 Å². The molecule has 0 aromatic rings. The lowest BCUT2D eigenvalue weighted by molar-refractivity contribution is -0.134. The van der Waals surface area contributed by atoms with Gasteiger partial charge in [-0.3, -0.25) is 4.79 Å². The number of imide groups is 1. The van der Waals surface area contributed by atoms with Gasteiger partial charge < -0.3 is 9.47 Å². The Labute approximate surface area is 139 Å². The molecule has 1 heterocycles. The molecular formula is C18H29NO4. The summed E-state index contributed by atoms with van der Waals surface area (Å²) in [6, 6.07) is -0.194. The number of carbonyl (C=O) groups excluding carboxylic acids is 2. The van der Waals surface area contributed by atoms with E-state index in [-0.39, 0.29) is 31.1 Å². The van der Waals surface area contributed by atoms with Gasteiger partial charge in [0.1, 0.15) is 13.2 Å². The molecule has 1 rings (SSSR count). The maximum atomic E-state index is 12.1. The summed E-state index contributed by atoms with van der Waals surface area (Å²) in [5.74, 6) is -0.163. The van der Waals surface area contributed by atoms with E-state index in [4.69, 9.17) is 9.47 Å². The molecule has 1 unspecified atom stereocenters. The number of allylic oxidation sites excluding steroid dienone is 3. The van der Waals surface area contributed by atoms with Gasteiger partial charge in [0.05, 0.1) is 12.6 Å². The molecule has 5 heteroatoms. The molecule has 0 spiro atoms. The van der Waals surface area contributed by atoms with Crippen LogP contribution in [0.1, 0.15) is 47.5 Å². The minimum atomic E-state index is -0.564. The third-order valence-electron chi connectivity index (χ3n) is 3.81. The number of cyclic esters (lactones) is 1. The van der Waals surface area contributed by atoms with E-state index in [1.165, 1.54) is 16.0 Å². The van der Waals surface area contributed by atoms with Gasteiger partial charge >= 0.3 is 6.09 Å². The van der Waals surface area contributed by atoms with E-state index >= 15 is 0 Å². The van der Waals surface area contributed by atoms with Crippen molar-refractivity contribution in [3.8, 4) is 0 Å². The minimum Gasteiger partial charge on any atom is -0.447 e. The standard InChI is InChI=1S/C18H29NO4/c1-13(2)7-6-8-15(5)9-10-22-12-17(20)19-16(14(3)4)11-23-18(19)21/h7,9,14,16H,6,8,10-12H2,1-5H3/b15-9-. The van der Waals surface area contributed by atoms with Crippen LogP contribution in [0, 0.1) is 5.92 Å². The van der Waals surface area contributed by atoms with Crippen molar-refractivity contribution in [3.05, 3.63) is 23.3 Å². The molecule has 1 fully saturated rings. The van der Waals surface area contributed by atoms with E-state index in [0.717, 1.165) is 12.8 Å². The second-order valence-corrected chi connectivity index (χ2v) is 6.54. The van der Waals surface area contributed by atoms with Crippen molar-refractivity contribution < 1.29 is 19.1 Å². The highest BCUT2D eigenvalue weighted by atomic mass is 16.6. The molecule has 1 atom stereocenters. The maximum absolute atomic E-state index is 12.1. The molecule has 0 saturated carbocycles. The highest BCUT2D eigenvalue weighted by Gasteiger charge is 2.39. The average molecular weight is 323 g/mol. The van der Waals surface area contributed by atoms with Gasteiger partial charge in [-0.25, -0.2) is 9.69 Å². The van der Waals surface area contributed by atoms with Crippen LogP contribution in [0.25, 0.3) is 0 Å². The molecule has 0 aromatic heterocycles. The lowest BCUT2D eigenvalue weighted by Crippen LogP contribution is -2.43. The summed E-state index contributed by atoms with van der Waals surface area (Å²) < 4.78 is 10.4. The van der Waals surface area contributed by atoms with Gasteiger partial charge in [0, 0.05) is 0 Å². The predicted octanol–water partition coefficient (Wildman–Crippen LogP) is 3.70. The SMILES string of the molecule is CC(C)=CCC/C(C)=C\COCC(=O)N1C(=O)OCC1C(C)C. The first kappa shape index (κ1) is 19.4. The molecule has 0 radical (unpaired) electrons. The lowest BCUT2D eigenvalue weighted by atomic mass is 10.0. The number of ether oxygens (including phenoxy) is 2. The zero-order chi connectivity index (χ0) is 17.4. The first-order chi connectivity index (χ1) is 10.8. The molecule has 5 nitrogen and oxygen atoms in total. The molecule has 0 bridgehead atoms. The fourth-order valence-corrected chi connectivity index (χ4v) is 2.32. The van der Waals surface area contributed by atoms with Gasteiger partial charge in [-0.05, 0) is 39.5 Å². The Morgan fingerprint density at radius 1 is 1.35 bits per heavy atom. The molecule has 2 amide bonds. The molecule has 0 aromatic carbocycles. The molecular weight excluding hydrogens is 294 g/mol. The van der Waals surface area contributed by atoms with Crippen molar-refractivity contribution in [1.29, 1.82) is 0 Å². The van der Waals surface area contributed by atoms with Crippen LogP contribution in [0.5, 0.6) is 0 Å². The van der Waals surface area contributed by atoms with Crippen molar-refractivity contribution in [2.75, 3.05) is 19.8 Å². The summed E-state index contributed by atoms with van der Waals surface area (Å²) in [6.45, 7) is 10.7. The van der Waals surface area contributed by atoms with E-state index in [2.05, 4.69) is 26.8 Å². The first-order valence-corrected chi connectivity index (χ1v) is 8.18. The second kappa shape index (κ2) is 9.50. The van der Waals surface area contributed by atoms with Gasteiger partial charge in [0.15, 0.2) is 0 Å². The van der Waals surface area contributed by atoms with Crippen LogP contribution in [0.3, 0.4) is 0 Å². The molecule has 1 aliphatic heterocycles. The number of rotatable bonds is 8. The first-order valence-electron chi connectivity index (χ1n) is 8.18. The van der Waals surface area contributed by atoms with E-state index < -0.39 is 6.09 Å². The number of amides is 2. The average Bonchev–Trinajstić information content (AvgIpc) is 2.85. The predicted molar refractivity (Wildman–Crippen MR) is 90.1 cm³/mol. The molecule has 130 valence electrons. The van der Waals surface area contributed by atoms with E-state index in [1.807, 2.05) is 19.9 Å². The van der Waals surface area contributed by atoms with Crippen LogP contribution in [-0.2, 0) is 14.3 Å². The summed E-state index contributed by atoms with van der Waals surface area (Å²) in [4.78, 5) is 25.0. The van der Waals surface area contributed by atoms with Crippen LogP contribution in [-0.4, -0.2) is 42.8 Å². The van der Waals surface area contributed by atoms with Crippen LogP contribution in [0.15, 0.2) is 23.3 Å². The van der Waals surface area contributed by atoms with Crippen molar-refractivity contribution >= 4 is 12.0 Å². The van der Waals surface area contributed by atoms with Crippen molar-refractivity contribution in [1.82, 2.24) is 4.90 Å². The second-order valence-electron chi connectivity index (χ2n) is 6.54. The third kappa shape index (κ3) is 6.57. The molecule has 0 N–H and O–H groups in total. The normalized spacial score (nSPS) is 18.3. The van der Waals surface area contributed by atoms with Crippen LogP contribution in [0.4, 0.5) is 4.79 Å². The minimum absolute atomic E-state index is 0.101. The Morgan fingerprint density at radius 2 is 2.04 bits per heavy atom. The smallest absolute Gasteiger partial charge is 0.417 e. The quantitative estimate of drug-likeness (QED) is 0.505. The van der Waals surface area contributed by atoms with Crippen molar-refractivity contribution in [2.45, 2.75) is 53.5 Å². The molecule has 1 saturated heterocycles. The summed E-state index contributed by atoms with van der Waals surface area (Å²) in [7, 11) is 0. The monoisotopic (exact) mass is 323 g/mol. The third-order valence-corrected chi connectivity index (χ3v) is 3.81. The van der Waals surface area contributed by atoms with Gasteiger partial charge in [0.2, 0.25) is 0 Å². The Morgan fingerprint density at radius 3 is 2.65 bits per heavy atom. The summed E-state index contributed by atoms with van der Waals surface area (Å²) in [5.41, 5.74) is 2.55. The fourth-order valence-electron chi connectivity index (χ4n) is 2.32. The summed E-state index contributed by atoms with van der Waals surface area (Å²) in [6.07, 6.45) is 5.61. The fraction of sp³-hybridized carbons (Fsp3) is 0.667. The van der Waals surface area contributed by atoms with Crippen LogP contribution in [0.2, 0.25) is 0 Å². The van der Waals surface area contributed by atoms with Gasteiger partial charge in [-0.2, -0.15) is 0 Å². The topological polar surface area (TPSA) is 55.8 Å². The summed E-state index contributed by atoms with van der Waals surface area (Å²) in [5, 5.41) is 0. The van der Waals surface area contributed by atoms with Crippen LogP contribution < -0.4 is 0 Å². The zero-order valence-electron chi connectivity index (χ0n) is 14.9. The van der Waals surface area contributed by atoms with Crippen molar-refractivity contribution in [3.63, 3.8) is 0 Å². The highest BCUT2D eigenvalue weighted by Crippen LogP contribution is 2.19. The van der Waals surface area contributed by atoms with Gasteiger partial charge in [-0.1, -0.05) is 37.1 Å². The van der Waals surface area contributed by atoms with E-state index in [0.29, 0.717) is 6.61 Å². The molecule has 0 aliphatic carbocycles. The Hall–Kier alpha value is -1.62. The zero-order valence-corrected chi connectivity index (χ0v) is 14.9. The highest BCUT2D eigenvalue weighted by molar-refractivity contribution is 5.94. The largest absolute Gasteiger partial charge is 0.447 e.